The van der Waals surface area contributed by atoms with Gasteiger partial charge in [0.1, 0.15) is 5.69 Å². The molecule has 6 heteroatoms. The Labute approximate surface area is 116 Å². The van der Waals surface area contributed by atoms with Crippen LogP contribution in [0.25, 0.3) is 0 Å². The maximum absolute atomic E-state index is 11.2. The van der Waals surface area contributed by atoms with Crippen LogP contribution in [0.3, 0.4) is 0 Å². The molecule has 1 aromatic carbocycles. The summed E-state index contributed by atoms with van der Waals surface area (Å²) in [6.07, 6.45) is 2.25. The van der Waals surface area contributed by atoms with Crippen LogP contribution in [-0.4, -0.2) is 31.1 Å². The smallest absolute Gasteiger partial charge is 0.294 e. The van der Waals surface area contributed by atoms with Crippen molar-refractivity contribution in [2.75, 3.05) is 31.1 Å². The first-order valence-electron chi connectivity index (χ1n) is 6.49. The van der Waals surface area contributed by atoms with E-state index < -0.39 is 0 Å². The van der Waals surface area contributed by atoms with Crippen LogP contribution in [0.4, 0.5) is 11.4 Å². The fourth-order valence-electron chi connectivity index (χ4n) is 3.19. The van der Waals surface area contributed by atoms with Crippen molar-refractivity contribution in [3.63, 3.8) is 0 Å². The van der Waals surface area contributed by atoms with Gasteiger partial charge >= 0.3 is 0 Å². The fourth-order valence-corrected chi connectivity index (χ4v) is 3.36. The van der Waals surface area contributed by atoms with Crippen molar-refractivity contribution >= 4 is 23.0 Å². The molecule has 2 fully saturated rings. The molecule has 0 aromatic heterocycles. The number of halogens is 1. The normalized spacial score (nSPS) is 26.3. The maximum atomic E-state index is 11.2. The molecule has 19 heavy (non-hydrogen) atoms. The lowest BCUT2D eigenvalue weighted by atomic mass is 9.86. The summed E-state index contributed by atoms with van der Waals surface area (Å²) >= 11 is 5.86. The van der Waals surface area contributed by atoms with Crippen molar-refractivity contribution in [3.8, 4) is 0 Å². The summed E-state index contributed by atoms with van der Waals surface area (Å²) in [5, 5.41) is 15.0. The summed E-state index contributed by atoms with van der Waals surface area (Å²) in [6.45, 7) is 3.84. The van der Waals surface area contributed by atoms with Crippen LogP contribution in [0.5, 0.6) is 0 Å². The van der Waals surface area contributed by atoms with Crippen molar-refractivity contribution in [3.05, 3.63) is 33.3 Å². The van der Waals surface area contributed by atoms with Crippen molar-refractivity contribution < 1.29 is 4.92 Å². The molecule has 1 N–H and O–H groups in total. The number of nitro benzene ring substituents is 1. The van der Waals surface area contributed by atoms with Crippen LogP contribution in [0.15, 0.2) is 18.2 Å². The summed E-state index contributed by atoms with van der Waals surface area (Å²) in [5.41, 5.74) is 1.10. The Bertz CT molecular complexity index is 515. The monoisotopic (exact) mass is 281 g/mol. The minimum atomic E-state index is -0.348. The Morgan fingerprint density at radius 3 is 2.95 bits per heavy atom. The van der Waals surface area contributed by atoms with Gasteiger partial charge in [0.2, 0.25) is 0 Å². The molecule has 0 bridgehead atoms. The third kappa shape index (κ3) is 2.28. The third-order valence-corrected chi connectivity index (χ3v) is 4.48. The standard InChI is InChI=1S/C13H16ClN3O2/c14-10-1-2-11(12(7-10)17(18)19)16-6-4-13(9-16)3-5-15-8-13/h1-2,7,15H,3-6,8-9H2. The van der Waals surface area contributed by atoms with Crippen molar-refractivity contribution in [1.29, 1.82) is 0 Å². The second kappa shape index (κ2) is 4.65. The summed E-state index contributed by atoms with van der Waals surface area (Å²) < 4.78 is 0. The number of benzene rings is 1. The quantitative estimate of drug-likeness (QED) is 0.668. The SMILES string of the molecule is O=[N+]([O-])c1cc(Cl)ccc1N1CCC2(CCNC2)C1. The first-order valence-corrected chi connectivity index (χ1v) is 6.87. The highest BCUT2D eigenvalue weighted by Gasteiger charge is 2.41. The van der Waals surface area contributed by atoms with E-state index in [0.29, 0.717) is 16.1 Å². The molecule has 0 saturated carbocycles. The van der Waals surface area contributed by atoms with Gasteiger partial charge in [-0.25, -0.2) is 0 Å². The van der Waals surface area contributed by atoms with E-state index in [1.165, 1.54) is 6.07 Å². The number of hydrogen-bond donors (Lipinski definition) is 1. The second-order valence-corrected chi connectivity index (χ2v) is 5.92. The van der Waals surface area contributed by atoms with Crippen LogP contribution in [-0.2, 0) is 0 Å². The lowest BCUT2D eigenvalue weighted by Crippen LogP contribution is -2.29. The van der Waals surface area contributed by atoms with E-state index in [4.69, 9.17) is 11.6 Å². The van der Waals surface area contributed by atoms with Crippen LogP contribution in [0, 0.1) is 15.5 Å². The highest BCUT2D eigenvalue weighted by molar-refractivity contribution is 6.30. The molecule has 102 valence electrons. The molecule has 0 aliphatic carbocycles. The van der Waals surface area contributed by atoms with E-state index in [0.717, 1.165) is 39.0 Å². The van der Waals surface area contributed by atoms with Gasteiger partial charge in [0.25, 0.3) is 5.69 Å². The number of anilines is 1. The van der Waals surface area contributed by atoms with E-state index in [-0.39, 0.29) is 10.6 Å². The Kier molecular flexibility index (Phi) is 3.11. The van der Waals surface area contributed by atoms with E-state index in [9.17, 15) is 10.1 Å². The van der Waals surface area contributed by atoms with Crippen LogP contribution in [0.2, 0.25) is 5.02 Å². The Morgan fingerprint density at radius 2 is 2.26 bits per heavy atom. The lowest BCUT2D eigenvalue weighted by Gasteiger charge is -2.23. The molecule has 2 aliphatic heterocycles. The summed E-state index contributed by atoms with van der Waals surface area (Å²) in [5.74, 6) is 0. The number of nitro groups is 1. The molecule has 5 nitrogen and oxygen atoms in total. The van der Waals surface area contributed by atoms with Gasteiger partial charge in [-0.2, -0.15) is 0 Å². The van der Waals surface area contributed by atoms with Gasteiger partial charge in [-0.15, -0.1) is 0 Å². The average Bonchev–Trinajstić information content (AvgIpc) is 3.00. The highest BCUT2D eigenvalue weighted by atomic mass is 35.5. The van der Waals surface area contributed by atoms with Crippen molar-refractivity contribution in [2.24, 2.45) is 5.41 Å². The molecular weight excluding hydrogens is 266 g/mol. The third-order valence-electron chi connectivity index (χ3n) is 4.25. The van der Waals surface area contributed by atoms with E-state index >= 15 is 0 Å². The topological polar surface area (TPSA) is 58.4 Å². The fraction of sp³-hybridized carbons (Fsp3) is 0.538. The number of nitrogens with zero attached hydrogens (tertiary/aromatic N) is 2. The predicted octanol–water partition coefficient (Wildman–Crippen LogP) is 2.44. The Balaban J connectivity index is 1.89. The van der Waals surface area contributed by atoms with Gasteiger partial charge in [-0.3, -0.25) is 10.1 Å². The van der Waals surface area contributed by atoms with Gasteiger partial charge in [0.15, 0.2) is 0 Å². The molecule has 1 atom stereocenters. The number of hydrogen-bond acceptors (Lipinski definition) is 4. The maximum Gasteiger partial charge on any atom is 0.294 e. The average molecular weight is 282 g/mol. The Morgan fingerprint density at radius 1 is 1.42 bits per heavy atom. The van der Waals surface area contributed by atoms with Crippen LogP contribution < -0.4 is 10.2 Å². The highest BCUT2D eigenvalue weighted by Crippen LogP contribution is 2.41. The Hall–Kier alpha value is -1.33. The van der Waals surface area contributed by atoms with Crippen molar-refractivity contribution in [1.82, 2.24) is 5.32 Å². The largest absolute Gasteiger partial charge is 0.365 e. The zero-order valence-electron chi connectivity index (χ0n) is 10.6. The minimum Gasteiger partial charge on any atom is -0.365 e. The van der Waals surface area contributed by atoms with Gasteiger partial charge in [0.05, 0.1) is 4.92 Å². The van der Waals surface area contributed by atoms with E-state index in [1.54, 1.807) is 12.1 Å². The number of rotatable bonds is 2. The molecule has 0 radical (unpaired) electrons. The molecular formula is C13H16ClN3O2. The molecule has 2 saturated heterocycles. The molecule has 1 unspecified atom stereocenters. The van der Waals surface area contributed by atoms with E-state index in [1.807, 2.05) is 0 Å². The zero-order chi connectivity index (χ0) is 13.5. The first-order chi connectivity index (χ1) is 9.10. The van der Waals surface area contributed by atoms with Crippen LogP contribution in [0.1, 0.15) is 12.8 Å². The predicted molar refractivity (Wildman–Crippen MR) is 74.9 cm³/mol. The molecule has 2 heterocycles. The lowest BCUT2D eigenvalue weighted by molar-refractivity contribution is -0.384. The van der Waals surface area contributed by atoms with Gasteiger partial charge < -0.3 is 10.2 Å². The second-order valence-electron chi connectivity index (χ2n) is 5.49. The molecule has 1 spiro atoms. The molecule has 2 aliphatic rings. The summed E-state index contributed by atoms with van der Waals surface area (Å²) in [6, 6.07) is 4.93. The summed E-state index contributed by atoms with van der Waals surface area (Å²) in [7, 11) is 0. The minimum absolute atomic E-state index is 0.107. The zero-order valence-corrected chi connectivity index (χ0v) is 11.3. The van der Waals surface area contributed by atoms with Crippen molar-refractivity contribution in [2.45, 2.75) is 12.8 Å². The van der Waals surface area contributed by atoms with Crippen LogP contribution >= 0.6 is 11.6 Å². The number of nitrogens with one attached hydrogen (secondary N) is 1. The summed E-state index contributed by atoms with van der Waals surface area (Å²) in [4.78, 5) is 12.9. The van der Waals surface area contributed by atoms with Gasteiger partial charge in [-0.1, -0.05) is 11.6 Å². The first kappa shape index (κ1) is 12.7. The molecule has 0 amide bonds. The molecule has 1 aromatic rings. The molecule has 3 rings (SSSR count). The van der Waals surface area contributed by atoms with Gasteiger partial charge in [0, 0.05) is 36.1 Å². The van der Waals surface area contributed by atoms with E-state index in [2.05, 4.69) is 10.2 Å². The van der Waals surface area contributed by atoms with Gasteiger partial charge in [-0.05, 0) is 31.5 Å².